The number of hydrogen-bond donors (Lipinski definition) is 2. The highest BCUT2D eigenvalue weighted by atomic mass is 35.5. The SMILES string of the molecule is Cc1cc(Cl)ccc1OCC(=O)NCC1CCCC1O. The number of aryl methyl sites for hydroxylation is 1. The van der Waals surface area contributed by atoms with E-state index in [-0.39, 0.29) is 24.5 Å². The summed E-state index contributed by atoms with van der Waals surface area (Å²) in [4.78, 5) is 11.7. The lowest BCUT2D eigenvalue weighted by atomic mass is 10.1. The van der Waals surface area contributed by atoms with Gasteiger partial charge in [0.15, 0.2) is 6.61 Å². The van der Waals surface area contributed by atoms with Crippen LogP contribution in [0.1, 0.15) is 24.8 Å². The minimum Gasteiger partial charge on any atom is -0.484 e. The van der Waals surface area contributed by atoms with Gasteiger partial charge in [0.25, 0.3) is 5.91 Å². The molecular formula is C15H20ClNO3. The predicted molar refractivity (Wildman–Crippen MR) is 78.0 cm³/mol. The van der Waals surface area contributed by atoms with Crippen molar-refractivity contribution in [2.75, 3.05) is 13.2 Å². The molecule has 0 bridgehead atoms. The molecule has 110 valence electrons. The first kappa shape index (κ1) is 15.1. The van der Waals surface area contributed by atoms with E-state index in [1.54, 1.807) is 18.2 Å². The summed E-state index contributed by atoms with van der Waals surface area (Å²) in [5.41, 5.74) is 0.900. The number of carbonyl (C=O) groups is 1. The summed E-state index contributed by atoms with van der Waals surface area (Å²) in [6, 6.07) is 5.28. The largest absolute Gasteiger partial charge is 0.484 e. The van der Waals surface area contributed by atoms with Crippen LogP contribution in [0.5, 0.6) is 5.75 Å². The van der Waals surface area contributed by atoms with Crippen LogP contribution in [-0.4, -0.2) is 30.3 Å². The first-order valence-corrected chi connectivity index (χ1v) is 7.28. The number of ether oxygens (including phenoxy) is 1. The monoisotopic (exact) mass is 297 g/mol. The molecule has 0 radical (unpaired) electrons. The average molecular weight is 298 g/mol. The number of amides is 1. The predicted octanol–water partition coefficient (Wildman–Crippen LogP) is 2.30. The number of halogens is 1. The second-order valence-corrected chi connectivity index (χ2v) is 5.70. The van der Waals surface area contributed by atoms with E-state index < -0.39 is 0 Å². The lowest BCUT2D eigenvalue weighted by Crippen LogP contribution is -2.35. The molecule has 2 unspecified atom stereocenters. The van der Waals surface area contributed by atoms with Gasteiger partial charge in [0, 0.05) is 17.5 Å². The van der Waals surface area contributed by atoms with Crippen LogP contribution in [0.4, 0.5) is 0 Å². The Bertz CT molecular complexity index is 478. The Morgan fingerprint density at radius 2 is 2.30 bits per heavy atom. The van der Waals surface area contributed by atoms with E-state index in [1.807, 2.05) is 6.92 Å². The van der Waals surface area contributed by atoms with Crippen LogP contribution in [0.3, 0.4) is 0 Å². The van der Waals surface area contributed by atoms with Crippen molar-refractivity contribution in [3.63, 3.8) is 0 Å². The molecule has 1 aliphatic rings. The van der Waals surface area contributed by atoms with Gasteiger partial charge in [-0.2, -0.15) is 0 Å². The molecule has 1 fully saturated rings. The van der Waals surface area contributed by atoms with Crippen molar-refractivity contribution in [1.82, 2.24) is 5.32 Å². The number of carbonyl (C=O) groups excluding carboxylic acids is 1. The molecule has 0 saturated heterocycles. The minimum absolute atomic E-state index is 0.0225. The molecule has 20 heavy (non-hydrogen) atoms. The van der Waals surface area contributed by atoms with E-state index in [9.17, 15) is 9.90 Å². The Kier molecular flexibility index (Phi) is 5.26. The van der Waals surface area contributed by atoms with Crippen molar-refractivity contribution in [3.05, 3.63) is 28.8 Å². The maximum absolute atomic E-state index is 11.7. The first-order valence-electron chi connectivity index (χ1n) is 6.90. The fourth-order valence-electron chi connectivity index (χ4n) is 2.47. The molecule has 4 nitrogen and oxygen atoms in total. The molecule has 5 heteroatoms. The van der Waals surface area contributed by atoms with Crippen LogP contribution in [0.2, 0.25) is 5.02 Å². The molecule has 0 aliphatic heterocycles. The molecule has 2 N–H and O–H groups in total. The number of aliphatic hydroxyl groups is 1. The van der Waals surface area contributed by atoms with Crippen molar-refractivity contribution in [1.29, 1.82) is 0 Å². The maximum Gasteiger partial charge on any atom is 0.257 e. The molecule has 1 saturated carbocycles. The summed E-state index contributed by atoms with van der Waals surface area (Å²) in [5, 5.41) is 13.1. The second-order valence-electron chi connectivity index (χ2n) is 5.26. The Hall–Kier alpha value is -1.26. The van der Waals surface area contributed by atoms with Crippen LogP contribution in [0.15, 0.2) is 18.2 Å². The van der Waals surface area contributed by atoms with Gasteiger partial charge in [-0.15, -0.1) is 0 Å². The highest BCUT2D eigenvalue weighted by Crippen LogP contribution is 2.24. The Morgan fingerprint density at radius 1 is 1.50 bits per heavy atom. The van der Waals surface area contributed by atoms with Gasteiger partial charge in [-0.25, -0.2) is 0 Å². The highest BCUT2D eigenvalue weighted by Gasteiger charge is 2.25. The van der Waals surface area contributed by atoms with Crippen LogP contribution < -0.4 is 10.1 Å². The summed E-state index contributed by atoms with van der Waals surface area (Å²) >= 11 is 5.86. The van der Waals surface area contributed by atoms with Gasteiger partial charge in [-0.3, -0.25) is 4.79 Å². The van der Waals surface area contributed by atoms with Gasteiger partial charge in [0.05, 0.1) is 6.10 Å². The van der Waals surface area contributed by atoms with E-state index >= 15 is 0 Å². The summed E-state index contributed by atoms with van der Waals surface area (Å²) in [6.07, 6.45) is 2.55. The molecule has 1 aliphatic carbocycles. The average Bonchev–Trinajstić information content (AvgIpc) is 2.81. The Labute approximate surface area is 124 Å². The third kappa shape index (κ3) is 4.12. The maximum atomic E-state index is 11.7. The van der Waals surface area contributed by atoms with E-state index in [4.69, 9.17) is 16.3 Å². The summed E-state index contributed by atoms with van der Waals surface area (Å²) in [5.74, 6) is 0.667. The molecule has 1 aromatic carbocycles. The van der Waals surface area contributed by atoms with Crippen LogP contribution >= 0.6 is 11.6 Å². The number of hydrogen-bond acceptors (Lipinski definition) is 3. The van der Waals surface area contributed by atoms with Crippen molar-refractivity contribution in [2.24, 2.45) is 5.92 Å². The standard InChI is InChI=1S/C15H20ClNO3/c1-10-7-12(16)5-6-14(10)20-9-15(19)17-8-11-3-2-4-13(11)18/h5-7,11,13,18H,2-4,8-9H2,1H3,(H,17,19). The number of rotatable bonds is 5. The smallest absolute Gasteiger partial charge is 0.257 e. The molecule has 0 spiro atoms. The van der Waals surface area contributed by atoms with Gasteiger partial charge >= 0.3 is 0 Å². The van der Waals surface area contributed by atoms with Gasteiger partial charge in [-0.1, -0.05) is 18.0 Å². The van der Waals surface area contributed by atoms with Gasteiger partial charge in [0.2, 0.25) is 0 Å². The lowest BCUT2D eigenvalue weighted by Gasteiger charge is -2.15. The minimum atomic E-state index is -0.283. The number of nitrogens with one attached hydrogen (secondary N) is 1. The van der Waals surface area contributed by atoms with Crippen molar-refractivity contribution < 1.29 is 14.6 Å². The van der Waals surface area contributed by atoms with Crippen LogP contribution in [-0.2, 0) is 4.79 Å². The van der Waals surface area contributed by atoms with Crippen LogP contribution in [0, 0.1) is 12.8 Å². The zero-order valence-corrected chi connectivity index (χ0v) is 12.3. The fraction of sp³-hybridized carbons (Fsp3) is 0.533. The second kappa shape index (κ2) is 6.95. The normalized spacial score (nSPS) is 21.8. The zero-order valence-electron chi connectivity index (χ0n) is 11.6. The molecule has 1 aromatic rings. The third-order valence-electron chi connectivity index (χ3n) is 3.68. The molecule has 0 heterocycles. The molecule has 2 rings (SSSR count). The van der Waals surface area contributed by atoms with E-state index in [0.29, 0.717) is 17.3 Å². The van der Waals surface area contributed by atoms with E-state index in [2.05, 4.69) is 5.32 Å². The van der Waals surface area contributed by atoms with Crippen molar-refractivity contribution >= 4 is 17.5 Å². The topological polar surface area (TPSA) is 58.6 Å². The Morgan fingerprint density at radius 3 is 2.95 bits per heavy atom. The van der Waals surface area contributed by atoms with Gasteiger partial charge in [0.1, 0.15) is 5.75 Å². The van der Waals surface area contributed by atoms with E-state index in [0.717, 1.165) is 24.8 Å². The summed E-state index contributed by atoms with van der Waals surface area (Å²) in [7, 11) is 0. The van der Waals surface area contributed by atoms with E-state index in [1.165, 1.54) is 0 Å². The fourth-order valence-corrected chi connectivity index (χ4v) is 2.70. The molecular weight excluding hydrogens is 278 g/mol. The summed E-state index contributed by atoms with van der Waals surface area (Å²) in [6.45, 7) is 2.38. The number of benzene rings is 1. The van der Waals surface area contributed by atoms with Crippen molar-refractivity contribution in [2.45, 2.75) is 32.3 Å². The summed E-state index contributed by atoms with van der Waals surface area (Å²) < 4.78 is 5.46. The molecule has 2 atom stereocenters. The zero-order chi connectivity index (χ0) is 14.5. The van der Waals surface area contributed by atoms with Crippen LogP contribution in [0.25, 0.3) is 0 Å². The molecule has 0 aromatic heterocycles. The molecule has 1 amide bonds. The Balaban J connectivity index is 1.74. The quantitative estimate of drug-likeness (QED) is 0.877. The highest BCUT2D eigenvalue weighted by molar-refractivity contribution is 6.30. The third-order valence-corrected chi connectivity index (χ3v) is 3.91. The first-order chi connectivity index (χ1) is 9.56. The lowest BCUT2D eigenvalue weighted by molar-refractivity contribution is -0.123. The van der Waals surface area contributed by atoms with Crippen molar-refractivity contribution in [3.8, 4) is 5.75 Å². The number of aliphatic hydroxyl groups excluding tert-OH is 1. The van der Waals surface area contributed by atoms with Gasteiger partial charge in [-0.05, 0) is 43.5 Å². The van der Waals surface area contributed by atoms with Gasteiger partial charge < -0.3 is 15.2 Å².